The fourth-order valence-electron chi connectivity index (χ4n) is 1.46. The molecule has 0 radical (unpaired) electrons. The van der Waals surface area contributed by atoms with Crippen LogP contribution in [0, 0.1) is 11.3 Å². The molecule has 0 aliphatic heterocycles. The van der Waals surface area contributed by atoms with E-state index in [1.807, 2.05) is 0 Å². The first-order valence-electron chi connectivity index (χ1n) is 5.42. The third-order valence-electron chi connectivity index (χ3n) is 2.38. The molecule has 1 heterocycles. The number of H-pyrrole nitrogens is 1. The smallest absolute Gasteiger partial charge is 0.299 e. The number of nitrogens with one attached hydrogen (secondary N) is 1. The highest BCUT2D eigenvalue weighted by molar-refractivity contribution is 7.98. The molecule has 0 saturated heterocycles. The summed E-state index contributed by atoms with van der Waals surface area (Å²) in [7, 11) is 0. The van der Waals surface area contributed by atoms with Gasteiger partial charge in [0, 0.05) is 12.7 Å². The predicted molar refractivity (Wildman–Crippen MR) is 68.3 cm³/mol. The molecule has 0 atom stereocenters. The lowest BCUT2D eigenvalue weighted by atomic mass is 10.2. The minimum atomic E-state index is -0.615. The summed E-state index contributed by atoms with van der Waals surface area (Å²) in [5, 5.41) is 8.69. The molecule has 0 aromatic carbocycles. The van der Waals surface area contributed by atoms with Crippen molar-refractivity contribution in [3.8, 4) is 6.07 Å². The van der Waals surface area contributed by atoms with Gasteiger partial charge in [-0.05, 0) is 24.9 Å². The van der Waals surface area contributed by atoms with Gasteiger partial charge in [0.05, 0.1) is 0 Å². The maximum Gasteiger partial charge on any atom is 0.328 e. The molecule has 0 aliphatic carbocycles. The number of aromatic nitrogens is 2. The van der Waals surface area contributed by atoms with E-state index in [0.717, 1.165) is 25.0 Å². The molecule has 0 fully saturated rings. The zero-order valence-corrected chi connectivity index (χ0v) is 10.5. The SMILES string of the molecule is CSCCCCCn1cc(C#N)c(=O)[nH]c1=O. The molecule has 0 amide bonds. The molecule has 17 heavy (non-hydrogen) atoms. The van der Waals surface area contributed by atoms with Crippen molar-refractivity contribution >= 4 is 11.8 Å². The van der Waals surface area contributed by atoms with Crippen LogP contribution in [0.2, 0.25) is 0 Å². The molecule has 92 valence electrons. The van der Waals surface area contributed by atoms with Gasteiger partial charge >= 0.3 is 5.69 Å². The summed E-state index contributed by atoms with van der Waals surface area (Å²) < 4.78 is 1.39. The van der Waals surface area contributed by atoms with Gasteiger partial charge in [-0.3, -0.25) is 14.3 Å². The van der Waals surface area contributed by atoms with Crippen LogP contribution in [0.1, 0.15) is 24.8 Å². The summed E-state index contributed by atoms with van der Waals surface area (Å²) in [5.41, 5.74) is -1.08. The Bertz CT molecular complexity index is 513. The molecule has 0 spiro atoms. The van der Waals surface area contributed by atoms with E-state index in [1.54, 1.807) is 17.8 Å². The zero-order chi connectivity index (χ0) is 12.7. The topological polar surface area (TPSA) is 78.7 Å². The largest absolute Gasteiger partial charge is 0.328 e. The molecule has 1 rings (SSSR count). The summed E-state index contributed by atoms with van der Waals surface area (Å²) in [6, 6.07) is 1.77. The van der Waals surface area contributed by atoms with Crippen molar-refractivity contribution in [2.75, 3.05) is 12.0 Å². The lowest BCUT2D eigenvalue weighted by Crippen LogP contribution is -2.31. The van der Waals surface area contributed by atoms with Crippen LogP contribution in [0.5, 0.6) is 0 Å². The average Bonchev–Trinajstić information content (AvgIpc) is 2.31. The van der Waals surface area contributed by atoms with Gasteiger partial charge in [-0.25, -0.2) is 4.79 Å². The molecular formula is C11H15N3O2S. The van der Waals surface area contributed by atoms with E-state index in [1.165, 1.54) is 10.8 Å². The summed E-state index contributed by atoms with van der Waals surface area (Å²) >= 11 is 1.80. The highest BCUT2D eigenvalue weighted by atomic mass is 32.2. The Kier molecular flexibility index (Phi) is 5.57. The molecule has 0 aliphatic rings. The number of hydrogen-bond donors (Lipinski definition) is 1. The Morgan fingerprint density at radius 2 is 2.18 bits per heavy atom. The second-order valence-electron chi connectivity index (χ2n) is 3.66. The molecule has 1 aromatic heterocycles. The van der Waals surface area contributed by atoms with Gasteiger partial charge in [0.25, 0.3) is 5.56 Å². The van der Waals surface area contributed by atoms with Crippen molar-refractivity contribution in [2.45, 2.75) is 25.8 Å². The standard InChI is InChI=1S/C11H15N3O2S/c1-17-6-4-2-3-5-14-8-9(7-12)10(15)13-11(14)16/h8H,2-6H2,1H3,(H,13,15,16). The summed E-state index contributed by atoms with van der Waals surface area (Å²) in [6.45, 7) is 0.540. The quantitative estimate of drug-likeness (QED) is 0.765. The molecule has 0 saturated carbocycles. The predicted octanol–water partition coefficient (Wildman–Crippen LogP) is 0.942. The summed E-state index contributed by atoms with van der Waals surface area (Å²) in [4.78, 5) is 24.7. The second-order valence-corrected chi connectivity index (χ2v) is 4.65. The Hall–Kier alpha value is -1.48. The van der Waals surface area contributed by atoms with Crippen LogP contribution in [0.4, 0.5) is 0 Å². The minimum Gasteiger partial charge on any atom is -0.299 e. The van der Waals surface area contributed by atoms with Crippen molar-refractivity contribution in [1.29, 1.82) is 5.26 Å². The normalized spacial score (nSPS) is 10.1. The Morgan fingerprint density at radius 1 is 1.41 bits per heavy atom. The van der Waals surface area contributed by atoms with Crippen molar-refractivity contribution in [2.24, 2.45) is 0 Å². The zero-order valence-electron chi connectivity index (χ0n) is 9.73. The van der Waals surface area contributed by atoms with Crippen molar-refractivity contribution in [3.63, 3.8) is 0 Å². The number of unbranched alkanes of at least 4 members (excludes halogenated alkanes) is 2. The third kappa shape index (κ3) is 4.11. The van der Waals surface area contributed by atoms with Crippen molar-refractivity contribution < 1.29 is 0 Å². The highest BCUT2D eigenvalue weighted by Gasteiger charge is 2.03. The first kappa shape index (κ1) is 13.6. The van der Waals surface area contributed by atoms with Crippen molar-refractivity contribution in [1.82, 2.24) is 9.55 Å². The van der Waals surface area contributed by atoms with E-state index in [2.05, 4.69) is 11.2 Å². The van der Waals surface area contributed by atoms with E-state index in [4.69, 9.17) is 5.26 Å². The van der Waals surface area contributed by atoms with Gasteiger partial charge in [0.2, 0.25) is 0 Å². The van der Waals surface area contributed by atoms with Crippen molar-refractivity contribution in [3.05, 3.63) is 32.6 Å². The number of hydrogen-bond acceptors (Lipinski definition) is 4. The van der Waals surface area contributed by atoms with Crippen LogP contribution in [-0.4, -0.2) is 21.6 Å². The van der Waals surface area contributed by atoms with Gasteiger partial charge in [-0.2, -0.15) is 17.0 Å². The maximum absolute atomic E-state index is 11.4. The fourth-order valence-corrected chi connectivity index (χ4v) is 1.95. The molecule has 6 heteroatoms. The molecule has 0 unspecified atom stereocenters. The summed E-state index contributed by atoms with van der Waals surface area (Å²) in [5.74, 6) is 1.12. The van der Waals surface area contributed by atoms with Gasteiger partial charge in [-0.15, -0.1) is 0 Å². The lowest BCUT2D eigenvalue weighted by Gasteiger charge is -2.04. The van der Waals surface area contributed by atoms with E-state index < -0.39 is 11.2 Å². The maximum atomic E-state index is 11.4. The van der Waals surface area contributed by atoms with Gasteiger partial charge in [-0.1, -0.05) is 6.42 Å². The number of nitrogens with zero attached hydrogens (tertiary/aromatic N) is 2. The number of aryl methyl sites for hydroxylation is 1. The highest BCUT2D eigenvalue weighted by Crippen LogP contribution is 2.03. The first-order chi connectivity index (χ1) is 8.19. The third-order valence-corrected chi connectivity index (χ3v) is 3.08. The van der Waals surface area contributed by atoms with Crippen LogP contribution in [-0.2, 0) is 6.54 Å². The van der Waals surface area contributed by atoms with E-state index >= 15 is 0 Å². The minimum absolute atomic E-state index is 0.0197. The number of thioether (sulfide) groups is 1. The monoisotopic (exact) mass is 253 g/mol. The van der Waals surface area contributed by atoms with Crippen LogP contribution in [0.25, 0.3) is 0 Å². The second kappa shape index (κ2) is 6.97. The Balaban J connectivity index is 2.63. The fraction of sp³-hybridized carbons (Fsp3) is 0.545. The van der Waals surface area contributed by atoms with Gasteiger partial charge < -0.3 is 0 Å². The van der Waals surface area contributed by atoms with E-state index in [9.17, 15) is 9.59 Å². The number of aromatic amines is 1. The van der Waals surface area contributed by atoms with Crippen LogP contribution in [0.3, 0.4) is 0 Å². The number of rotatable bonds is 6. The summed E-state index contributed by atoms with van der Waals surface area (Å²) in [6.07, 6.45) is 6.41. The molecule has 1 N–H and O–H groups in total. The van der Waals surface area contributed by atoms with E-state index in [0.29, 0.717) is 6.54 Å². The average molecular weight is 253 g/mol. The van der Waals surface area contributed by atoms with Crippen LogP contribution < -0.4 is 11.2 Å². The van der Waals surface area contributed by atoms with E-state index in [-0.39, 0.29) is 5.56 Å². The molecule has 0 bridgehead atoms. The Morgan fingerprint density at radius 3 is 2.82 bits per heavy atom. The molecule has 5 nitrogen and oxygen atoms in total. The van der Waals surface area contributed by atoms with Crippen LogP contribution >= 0.6 is 11.8 Å². The molecule has 1 aromatic rings. The lowest BCUT2D eigenvalue weighted by molar-refractivity contribution is 0.575. The Labute approximate surface area is 103 Å². The van der Waals surface area contributed by atoms with Crippen LogP contribution in [0.15, 0.2) is 15.8 Å². The van der Waals surface area contributed by atoms with Gasteiger partial charge in [0.15, 0.2) is 0 Å². The first-order valence-corrected chi connectivity index (χ1v) is 6.81. The van der Waals surface area contributed by atoms with Gasteiger partial charge in [0.1, 0.15) is 11.6 Å². The number of nitriles is 1. The molecular weight excluding hydrogens is 238 g/mol.